The third-order valence-electron chi connectivity index (χ3n) is 1.67. The molecule has 13 heavy (non-hydrogen) atoms. The van der Waals surface area contributed by atoms with Crippen molar-refractivity contribution in [2.24, 2.45) is 0 Å². The number of benzene rings is 1. The highest BCUT2D eigenvalue weighted by Gasteiger charge is 2.11. The van der Waals surface area contributed by atoms with E-state index in [9.17, 15) is 4.79 Å². The highest BCUT2D eigenvalue weighted by atomic mass is 16.5. The zero-order chi connectivity index (χ0) is 9.68. The first-order valence-electron chi connectivity index (χ1n) is 4.39. The van der Waals surface area contributed by atoms with Crippen LogP contribution < -0.4 is 0 Å². The van der Waals surface area contributed by atoms with E-state index in [-0.39, 0.29) is 6.10 Å². The molecule has 0 aliphatic rings. The quantitative estimate of drug-likeness (QED) is 0.661. The first-order valence-corrected chi connectivity index (χ1v) is 4.39. The number of carbonyl (C=O) groups excluding carboxylic acids is 1. The zero-order valence-corrected chi connectivity index (χ0v) is 7.94. The van der Waals surface area contributed by atoms with Gasteiger partial charge in [0.25, 0.3) is 0 Å². The third-order valence-corrected chi connectivity index (χ3v) is 1.67. The Morgan fingerprint density at radius 2 is 1.85 bits per heavy atom. The monoisotopic (exact) mass is 178 g/mol. The number of aldehydes is 1. The van der Waals surface area contributed by atoms with Crippen LogP contribution in [-0.2, 0) is 9.53 Å². The summed E-state index contributed by atoms with van der Waals surface area (Å²) in [5.41, 5.74) is 0.909. The molecule has 0 N–H and O–H groups in total. The van der Waals surface area contributed by atoms with E-state index in [1.807, 2.05) is 44.2 Å². The van der Waals surface area contributed by atoms with Crippen LogP contribution in [0.15, 0.2) is 30.3 Å². The Kier molecular flexibility index (Phi) is 3.65. The van der Waals surface area contributed by atoms with Gasteiger partial charge in [-0.2, -0.15) is 0 Å². The Labute approximate surface area is 78.5 Å². The van der Waals surface area contributed by atoms with E-state index in [1.54, 1.807) is 0 Å². The van der Waals surface area contributed by atoms with E-state index in [0.717, 1.165) is 11.8 Å². The molecule has 0 unspecified atom stereocenters. The summed E-state index contributed by atoms with van der Waals surface area (Å²) in [4.78, 5) is 10.7. The molecular weight excluding hydrogens is 164 g/mol. The van der Waals surface area contributed by atoms with Crippen molar-refractivity contribution in [3.63, 3.8) is 0 Å². The predicted octanol–water partition coefficient (Wildman–Crippen LogP) is 2.35. The van der Waals surface area contributed by atoms with E-state index in [1.165, 1.54) is 0 Å². The van der Waals surface area contributed by atoms with Crippen LogP contribution in [0.1, 0.15) is 25.5 Å². The van der Waals surface area contributed by atoms with Crippen molar-refractivity contribution in [2.75, 3.05) is 0 Å². The number of hydrogen-bond acceptors (Lipinski definition) is 2. The molecule has 0 bridgehead atoms. The van der Waals surface area contributed by atoms with Crippen molar-refractivity contribution in [2.45, 2.75) is 26.1 Å². The summed E-state index contributed by atoms with van der Waals surface area (Å²) in [7, 11) is 0. The van der Waals surface area contributed by atoms with Gasteiger partial charge >= 0.3 is 0 Å². The SMILES string of the molecule is CC(C)O[C@@H](C=O)c1ccccc1. The topological polar surface area (TPSA) is 26.3 Å². The molecule has 1 aromatic rings. The summed E-state index contributed by atoms with van der Waals surface area (Å²) >= 11 is 0. The zero-order valence-electron chi connectivity index (χ0n) is 7.94. The van der Waals surface area contributed by atoms with Crippen molar-refractivity contribution in [1.29, 1.82) is 0 Å². The summed E-state index contributed by atoms with van der Waals surface area (Å²) < 4.78 is 5.42. The molecule has 0 aromatic heterocycles. The van der Waals surface area contributed by atoms with Crippen LogP contribution in [0, 0.1) is 0 Å². The molecule has 0 spiro atoms. The second kappa shape index (κ2) is 4.77. The standard InChI is InChI=1S/C11H14O2/c1-9(2)13-11(8-12)10-6-4-3-5-7-10/h3-9,11H,1-2H3/t11-/m0/s1. The molecule has 1 atom stereocenters. The van der Waals surface area contributed by atoms with Gasteiger partial charge in [0.05, 0.1) is 6.10 Å². The molecule has 1 rings (SSSR count). The Hall–Kier alpha value is -1.15. The molecule has 0 amide bonds. The smallest absolute Gasteiger partial charge is 0.153 e. The fourth-order valence-electron chi connectivity index (χ4n) is 1.13. The molecule has 1 aromatic carbocycles. The number of rotatable bonds is 4. The van der Waals surface area contributed by atoms with Crippen molar-refractivity contribution in [1.82, 2.24) is 0 Å². The van der Waals surface area contributed by atoms with Gasteiger partial charge in [0.2, 0.25) is 0 Å². The molecule has 2 nitrogen and oxygen atoms in total. The van der Waals surface area contributed by atoms with Crippen LogP contribution in [0.5, 0.6) is 0 Å². The molecule has 0 radical (unpaired) electrons. The molecule has 70 valence electrons. The number of ether oxygens (including phenoxy) is 1. The minimum absolute atomic E-state index is 0.0652. The van der Waals surface area contributed by atoms with E-state index in [2.05, 4.69) is 0 Å². The second-order valence-corrected chi connectivity index (χ2v) is 3.15. The van der Waals surface area contributed by atoms with Crippen molar-refractivity contribution in [3.05, 3.63) is 35.9 Å². The number of carbonyl (C=O) groups is 1. The first-order chi connectivity index (χ1) is 6.24. The average Bonchev–Trinajstić information content (AvgIpc) is 2.15. The van der Waals surface area contributed by atoms with E-state index in [0.29, 0.717) is 0 Å². The van der Waals surface area contributed by atoms with Gasteiger partial charge in [0.1, 0.15) is 6.10 Å². The minimum atomic E-state index is -0.429. The molecule has 0 aliphatic carbocycles. The Balaban J connectivity index is 2.73. The second-order valence-electron chi connectivity index (χ2n) is 3.15. The fourth-order valence-corrected chi connectivity index (χ4v) is 1.13. The Morgan fingerprint density at radius 3 is 2.31 bits per heavy atom. The molecule has 0 saturated heterocycles. The van der Waals surface area contributed by atoms with Gasteiger partial charge in [-0.15, -0.1) is 0 Å². The molecule has 0 heterocycles. The van der Waals surface area contributed by atoms with Gasteiger partial charge in [-0.25, -0.2) is 0 Å². The maximum Gasteiger partial charge on any atom is 0.153 e. The van der Waals surface area contributed by atoms with E-state index in [4.69, 9.17) is 4.74 Å². The lowest BCUT2D eigenvalue weighted by atomic mass is 10.1. The maximum atomic E-state index is 10.7. The molecule has 2 heteroatoms. The summed E-state index contributed by atoms with van der Waals surface area (Å²) in [6, 6.07) is 9.49. The van der Waals surface area contributed by atoms with Crippen LogP contribution in [0.3, 0.4) is 0 Å². The van der Waals surface area contributed by atoms with E-state index < -0.39 is 6.10 Å². The first kappa shape index (κ1) is 9.93. The average molecular weight is 178 g/mol. The Morgan fingerprint density at radius 1 is 1.23 bits per heavy atom. The summed E-state index contributed by atoms with van der Waals surface area (Å²) in [5.74, 6) is 0. The van der Waals surface area contributed by atoms with Gasteiger partial charge < -0.3 is 9.53 Å². The van der Waals surface area contributed by atoms with E-state index >= 15 is 0 Å². The molecule has 0 aliphatic heterocycles. The van der Waals surface area contributed by atoms with Gasteiger partial charge in [-0.05, 0) is 19.4 Å². The minimum Gasteiger partial charge on any atom is -0.363 e. The third kappa shape index (κ3) is 2.99. The molecular formula is C11H14O2. The normalized spacial score (nSPS) is 12.8. The van der Waals surface area contributed by atoms with Crippen molar-refractivity contribution < 1.29 is 9.53 Å². The summed E-state index contributed by atoms with van der Waals surface area (Å²) in [5, 5.41) is 0. The van der Waals surface area contributed by atoms with Crippen LogP contribution in [0.2, 0.25) is 0 Å². The van der Waals surface area contributed by atoms with Crippen LogP contribution in [-0.4, -0.2) is 12.4 Å². The van der Waals surface area contributed by atoms with Crippen LogP contribution in [0.4, 0.5) is 0 Å². The highest BCUT2D eigenvalue weighted by Crippen LogP contribution is 2.15. The van der Waals surface area contributed by atoms with Crippen LogP contribution >= 0.6 is 0 Å². The van der Waals surface area contributed by atoms with Crippen molar-refractivity contribution in [3.8, 4) is 0 Å². The lowest BCUT2D eigenvalue weighted by Gasteiger charge is -2.14. The lowest BCUT2D eigenvalue weighted by molar-refractivity contribution is -0.121. The summed E-state index contributed by atoms with van der Waals surface area (Å²) in [6.07, 6.45) is 0.464. The van der Waals surface area contributed by atoms with Crippen LogP contribution in [0.25, 0.3) is 0 Å². The molecule has 0 fully saturated rings. The Bertz CT molecular complexity index is 254. The fraction of sp³-hybridized carbons (Fsp3) is 0.364. The van der Waals surface area contributed by atoms with Gasteiger partial charge in [0.15, 0.2) is 6.29 Å². The van der Waals surface area contributed by atoms with Gasteiger partial charge in [-0.1, -0.05) is 30.3 Å². The number of hydrogen-bond donors (Lipinski definition) is 0. The predicted molar refractivity (Wildman–Crippen MR) is 51.5 cm³/mol. The lowest BCUT2D eigenvalue weighted by Crippen LogP contribution is -2.11. The molecule has 0 saturated carbocycles. The highest BCUT2D eigenvalue weighted by molar-refractivity contribution is 5.59. The largest absolute Gasteiger partial charge is 0.363 e. The summed E-state index contributed by atoms with van der Waals surface area (Å²) in [6.45, 7) is 3.83. The van der Waals surface area contributed by atoms with Gasteiger partial charge in [-0.3, -0.25) is 0 Å². The maximum absolute atomic E-state index is 10.7. The van der Waals surface area contributed by atoms with Gasteiger partial charge in [0, 0.05) is 0 Å². The van der Waals surface area contributed by atoms with Crippen molar-refractivity contribution >= 4 is 6.29 Å².